The highest BCUT2D eigenvalue weighted by atomic mass is 32.2. The van der Waals surface area contributed by atoms with Gasteiger partial charge in [-0.1, -0.05) is 0 Å². The van der Waals surface area contributed by atoms with E-state index >= 15 is 0 Å². The second-order valence-corrected chi connectivity index (χ2v) is 5.56. The molecule has 5 heteroatoms. The van der Waals surface area contributed by atoms with Crippen molar-refractivity contribution in [3.05, 3.63) is 27.9 Å². The van der Waals surface area contributed by atoms with Crippen LogP contribution in [0.5, 0.6) is 0 Å². The van der Waals surface area contributed by atoms with E-state index in [9.17, 15) is 4.79 Å². The second-order valence-electron chi connectivity index (χ2n) is 4.55. The normalized spacial score (nSPS) is 20.1. The molecule has 0 aliphatic carbocycles. The molecule has 1 fully saturated rings. The Bertz CT molecular complexity index is 584. The Morgan fingerprint density at radius 3 is 2.58 bits per heavy atom. The number of carbonyl (C=O) groups excluding carboxylic acids is 1. The first-order valence-corrected chi connectivity index (χ1v) is 7.12. The average molecular weight is 277 g/mol. The van der Waals surface area contributed by atoms with Crippen LogP contribution in [0.25, 0.3) is 6.08 Å². The van der Waals surface area contributed by atoms with Crippen LogP contribution < -0.4 is 0 Å². The summed E-state index contributed by atoms with van der Waals surface area (Å²) in [6.07, 6.45) is 1.97. The Morgan fingerprint density at radius 2 is 2.11 bits per heavy atom. The van der Waals surface area contributed by atoms with E-state index < -0.39 is 0 Å². The molecule has 0 radical (unpaired) electrons. The van der Waals surface area contributed by atoms with Crippen molar-refractivity contribution in [3.8, 4) is 0 Å². The third kappa shape index (κ3) is 2.34. The summed E-state index contributed by atoms with van der Waals surface area (Å²) in [6.45, 7) is 7.25. The lowest BCUT2D eigenvalue weighted by Crippen LogP contribution is -2.23. The van der Waals surface area contributed by atoms with Gasteiger partial charge in [-0.2, -0.15) is 0 Å². The molecule has 1 aliphatic heterocycles. The Kier molecular flexibility index (Phi) is 3.85. The van der Waals surface area contributed by atoms with Crippen molar-refractivity contribution >= 4 is 28.9 Å². The molecule has 0 unspecified atom stereocenters. The topological polar surface area (TPSA) is 37.6 Å². The quantitative estimate of drug-likeness (QED) is 0.779. The van der Waals surface area contributed by atoms with Gasteiger partial charge in [-0.05, 0) is 50.2 Å². The molecular formula is C14H19N3OS. The SMILES string of the molecule is CCn1c(C)cc(/C=C2\SC(=NC)N(C)C2=O)c1C. The minimum atomic E-state index is 0.0203. The lowest BCUT2D eigenvalue weighted by Gasteiger charge is -2.05. The van der Waals surface area contributed by atoms with Crippen molar-refractivity contribution in [3.63, 3.8) is 0 Å². The molecule has 1 saturated heterocycles. The first-order chi connectivity index (χ1) is 8.99. The van der Waals surface area contributed by atoms with Crippen LogP contribution in [0.2, 0.25) is 0 Å². The first-order valence-electron chi connectivity index (χ1n) is 6.30. The third-order valence-electron chi connectivity index (χ3n) is 3.41. The Labute approximate surface area is 118 Å². The molecule has 0 saturated carbocycles. The van der Waals surface area contributed by atoms with Crippen molar-refractivity contribution in [1.29, 1.82) is 0 Å². The minimum Gasteiger partial charge on any atom is -0.349 e. The maximum absolute atomic E-state index is 12.1. The largest absolute Gasteiger partial charge is 0.349 e. The monoisotopic (exact) mass is 277 g/mol. The fourth-order valence-corrected chi connectivity index (χ4v) is 3.27. The van der Waals surface area contributed by atoms with Gasteiger partial charge in [-0.25, -0.2) is 0 Å². The molecule has 1 aliphatic rings. The molecule has 1 amide bonds. The van der Waals surface area contributed by atoms with Gasteiger partial charge in [0.1, 0.15) is 0 Å². The third-order valence-corrected chi connectivity index (χ3v) is 4.56. The molecule has 1 aromatic rings. The van der Waals surface area contributed by atoms with Crippen molar-refractivity contribution in [1.82, 2.24) is 9.47 Å². The van der Waals surface area contributed by atoms with Crippen molar-refractivity contribution in [2.75, 3.05) is 14.1 Å². The van der Waals surface area contributed by atoms with Gasteiger partial charge in [0.25, 0.3) is 5.91 Å². The molecule has 0 bridgehead atoms. The summed E-state index contributed by atoms with van der Waals surface area (Å²) in [6, 6.07) is 2.13. The maximum Gasteiger partial charge on any atom is 0.266 e. The lowest BCUT2D eigenvalue weighted by molar-refractivity contribution is -0.121. The molecule has 2 heterocycles. The van der Waals surface area contributed by atoms with Gasteiger partial charge in [-0.15, -0.1) is 0 Å². The van der Waals surface area contributed by atoms with E-state index in [0.29, 0.717) is 0 Å². The highest BCUT2D eigenvalue weighted by Crippen LogP contribution is 2.32. The number of aryl methyl sites for hydroxylation is 1. The smallest absolute Gasteiger partial charge is 0.266 e. The van der Waals surface area contributed by atoms with Crippen LogP contribution in [0.4, 0.5) is 0 Å². The summed E-state index contributed by atoms with van der Waals surface area (Å²) in [4.78, 5) is 18.5. The molecule has 2 rings (SSSR count). The van der Waals surface area contributed by atoms with E-state index in [4.69, 9.17) is 0 Å². The summed E-state index contributed by atoms with van der Waals surface area (Å²) in [5.74, 6) is 0.0203. The predicted molar refractivity (Wildman–Crippen MR) is 81.3 cm³/mol. The Hall–Kier alpha value is -1.49. The predicted octanol–water partition coefficient (Wildman–Crippen LogP) is 2.66. The Morgan fingerprint density at radius 1 is 1.42 bits per heavy atom. The summed E-state index contributed by atoms with van der Waals surface area (Å²) < 4.78 is 2.25. The minimum absolute atomic E-state index is 0.0203. The van der Waals surface area contributed by atoms with Crippen LogP contribution in [-0.4, -0.2) is 34.6 Å². The summed E-state index contributed by atoms with van der Waals surface area (Å²) in [5, 5.41) is 0.751. The average Bonchev–Trinajstić information content (AvgIpc) is 2.81. The highest BCUT2D eigenvalue weighted by molar-refractivity contribution is 8.18. The van der Waals surface area contributed by atoms with E-state index in [2.05, 4.69) is 36.4 Å². The van der Waals surface area contributed by atoms with Gasteiger partial charge in [0.05, 0.1) is 4.91 Å². The number of thioether (sulfide) groups is 1. The number of carbonyl (C=O) groups is 1. The first kappa shape index (κ1) is 13.9. The van der Waals surface area contributed by atoms with E-state index in [1.54, 1.807) is 19.0 Å². The van der Waals surface area contributed by atoms with E-state index in [-0.39, 0.29) is 5.91 Å². The molecule has 102 valence electrons. The highest BCUT2D eigenvalue weighted by Gasteiger charge is 2.29. The van der Waals surface area contributed by atoms with E-state index in [1.165, 1.54) is 23.1 Å². The lowest BCUT2D eigenvalue weighted by atomic mass is 10.2. The molecule has 1 aromatic heterocycles. The number of amides is 1. The zero-order chi connectivity index (χ0) is 14.2. The standard InChI is InChI=1S/C14H19N3OS/c1-6-17-9(2)7-11(10(17)3)8-12-13(18)16(5)14(15-4)19-12/h7-8H,6H2,1-5H3/b12-8-,15-14?. The van der Waals surface area contributed by atoms with Gasteiger partial charge < -0.3 is 4.57 Å². The van der Waals surface area contributed by atoms with Crippen LogP contribution in [-0.2, 0) is 11.3 Å². The van der Waals surface area contributed by atoms with Crippen LogP contribution >= 0.6 is 11.8 Å². The van der Waals surface area contributed by atoms with Crippen LogP contribution in [0.1, 0.15) is 23.9 Å². The summed E-state index contributed by atoms with van der Waals surface area (Å²) in [5.41, 5.74) is 3.53. The number of aromatic nitrogens is 1. The fourth-order valence-electron chi connectivity index (χ4n) is 2.35. The van der Waals surface area contributed by atoms with Crippen LogP contribution in [0.3, 0.4) is 0 Å². The summed E-state index contributed by atoms with van der Waals surface area (Å²) in [7, 11) is 3.46. The number of rotatable bonds is 2. The number of hydrogen-bond donors (Lipinski definition) is 0. The van der Waals surface area contributed by atoms with Crippen molar-refractivity contribution in [2.45, 2.75) is 27.3 Å². The number of likely N-dealkylation sites (N-methyl/N-ethyl adjacent to an activating group) is 1. The van der Waals surface area contributed by atoms with Gasteiger partial charge >= 0.3 is 0 Å². The molecule has 19 heavy (non-hydrogen) atoms. The zero-order valence-electron chi connectivity index (χ0n) is 12.0. The zero-order valence-corrected chi connectivity index (χ0v) is 12.8. The van der Waals surface area contributed by atoms with Crippen molar-refractivity contribution < 1.29 is 4.79 Å². The molecule has 0 spiro atoms. The second kappa shape index (κ2) is 5.25. The van der Waals surface area contributed by atoms with Gasteiger partial charge in [0.2, 0.25) is 0 Å². The Balaban J connectivity index is 2.40. The number of nitrogens with zero attached hydrogens (tertiary/aromatic N) is 3. The molecular weight excluding hydrogens is 258 g/mol. The molecule has 0 aromatic carbocycles. The maximum atomic E-state index is 12.1. The van der Waals surface area contributed by atoms with Crippen LogP contribution in [0, 0.1) is 13.8 Å². The molecule has 0 N–H and O–H groups in total. The van der Waals surface area contributed by atoms with Gasteiger partial charge in [0, 0.05) is 32.0 Å². The van der Waals surface area contributed by atoms with E-state index in [0.717, 1.165) is 22.2 Å². The van der Waals surface area contributed by atoms with Crippen molar-refractivity contribution in [2.24, 2.45) is 4.99 Å². The molecule has 4 nitrogen and oxygen atoms in total. The van der Waals surface area contributed by atoms with E-state index in [1.807, 2.05) is 6.08 Å². The fraction of sp³-hybridized carbons (Fsp3) is 0.429. The van der Waals surface area contributed by atoms with Gasteiger partial charge in [0.15, 0.2) is 5.17 Å². The van der Waals surface area contributed by atoms with Crippen LogP contribution in [0.15, 0.2) is 16.0 Å². The number of hydrogen-bond acceptors (Lipinski definition) is 3. The number of aliphatic imine (C=N–C) groups is 1. The number of amidine groups is 1. The molecule has 0 atom stereocenters. The summed E-state index contributed by atoms with van der Waals surface area (Å²) >= 11 is 1.43. The van der Waals surface area contributed by atoms with Gasteiger partial charge in [-0.3, -0.25) is 14.7 Å².